The number of piperazine rings is 1. The molecule has 1 saturated heterocycles. The monoisotopic (exact) mass is 406 g/mol. The van der Waals surface area contributed by atoms with E-state index in [-0.39, 0.29) is 17.8 Å². The van der Waals surface area contributed by atoms with Crippen LogP contribution in [0.5, 0.6) is 5.75 Å². The lowest BCUT2D eigenvalue weighted by molar-refractivity contribution is 0.228. The highest BCUT2D eigenvalue weighted by molar-refractivity contribution is 5.85. The van der Waals surface area contributed by atoms with Crippen molar-refractivity contribution in [2.24, 2.45) is 10.8 Å². The summed E-state index contributed by atoms with van der Waals surface area (Å²) in [7, 11) is 1.77. The van der Waals surface area contributed by atoms with E-state index < -0.39 is 0 Å². The molecule has 0 saturated carbocycles. The number of ether oxygens (including phenoxy) is 1. The fourth-order valence-electron chi connectivity index (χ4n) is 5.26. The average molecular weight is 407 g/mol. The fraction of sp³-hybridized carbons (Fsp3) is 0.667. The predicted molar refractivity (Wildman–Crippen MR) is 124 cm³/mol. The Balaban J connectivity index is 0.00000280. The Morgan fingerprint density at radius 1 is 1.04 bits per heavy atom. The summed E-state index contributed by atoms with van der Waals surface area (Å²) in [6.07, 6.45) is 6.15. The molecule has 0 N–H and O–H groups in total. The molecule has 0 bridgehead atoms. The van der Waals surface area contributed by atoms with Crippen LogP contribution in [0.2, 0.25) is 0 Å². The second-order valence-electron chi connectivity index (χ2n) is 9.89. The lowest BCUT2D eigenvalue weighted by Crippen LogP contribution is -2.46. The van der Waals surface area contributed by atoms with Crippen LogP contribution in [0.1, 0.15) is 59.4 Å². The summed E-state index contributed by atoms with van der Waals surface area (Å²) in [4.78, 5) is 5.15. The van der Waals surface area contributed by atoms with Crippen LogP contribution in [0.4, 0.5) is 5.69 Å². The number of methoxy groups -OCH3 is 1. The topological polar surface area (TPSA) is 15.7 Å². The molecule has 3 nitrogen and oxygen atoms in total. The van der Waals surface area contributed by atoms with Crippen molar-refractivity contribution in [3.05, 3.63) is 29.8 Å². The summed E-state index contributed by atoms with van der Waals surface area (Å²) < 4.78 is 5.57. The van der Waals surface area contributed by atoms with Gasteiger partial charge in [-0.1, -0.05) is 40.7 Å². The van der Waals surface area contributed by atoms with Crippen LogP contribution in [-0.4, -0.2) is 44.7 Å². The number of hydrogen-bond donors (Lipinski definition) is 0. The number of benzene rings is 1. The zero-order valence-electron chi connectivity index (χ0n) is 18.7. The van der Waals surface area contributed by atoms with Gasteiger partial charge in [0.25, 0.3) is 0 Å². The molecule has 0 spiro atoms. The van der Waals surface area contributed by atoms with E-state index in [1.165, 1.54) is 36.2 Å². The van der Waals surface area contributed by atoms with Crippen LogP contribution in [0.3, 0.4) is 0 Å². The van der Waals surface area contributed by atoms with E-state index in [4.69, 9.17) is 4.74 Å². The second kappa shape index (κ2) is 9.09. The lowest BCUT2D eigenvalue weighted by Gasteiger charge is -2.41. The van der Waals surface area contributed by atoms with Crippen molar-refractivity contribution in [3.8, 4) is 5.75 Å². The van der Waals surface area contributed by atoms with Gasteiger partial charge in [-0.25, -0.2) is 0 Å². The molecule has 2 aliphatic rings. The van der Waals surface area contributed by atoms with Crippen LogP contribution in [0.25, 0.3) is 5.57 Å². The van der Waals surface area contributed by atoms with Crippen molar-refractivity contribution < 1.29 is 4.74 Å². The molecule has 1 aromatic carbocycles. The van der Waals surface area contributed by atoms with Crippen LogP contribution >= 0.6 is 12.4 Å². The van der Waals surface area contributed by atoms with E-state index >= 15 is 0 Å². The van der Waals surface area contributed by atoms with Gasteiger partial charge in [0.15, 0.2) is 0 Å². The highest BCUT2D eigenvalue weighted by Crippen LogP contribution is 2.49. The number of anilines is 1. The van der Waals surface area contributed by atoms with E-state index in [0.717, 1.165) is 38.3 Å². The number of rotatable bonds is 5. The van der Waals surface area contributed by atoms with Crippen molar-refractivity contribution in [2.75, 3.05) is 44.7 Å². The van der Waals surface area contributed by atoms with E-state index in [0.29, 0.717) is 5.41 Å². The molecule has 1 aromatic rings. The molecule has 0 radical (unpaired) electrons. The summed E-state index contributed by atoms with van der Waals surface area (Å²) in [6.45, 7) is 17.6. The maximum Gasteiger partial charge on any atom is 0.120 e. The molecule has 3 rings (SSSR count). The molecule has 4 heteroatoms. The number of allylic oxidation sites excluding steroid dienone is 2. The standard InChI is InChI=1S/C24H38N2O.ClH/c1-7-10-25-11-13-26(14-12-25)22-15-20(27-6)8-9-21(22)19-16-23(2,3)18-24(4,5)17-19;/h8-9,15-16H,7,10-14,17-18H2,1-6H3;1H. The van der Waals surface area contributed by atoms with Gasteiger partial charge in [-0.05, 0) is 54.3 Å². The summed E-state index contributed by atoms with van der Waals surface area (Å²) in [6, 6.07) is 6.66. The predicted octanol–water partition coefficient (Wildman–Crippen LogP) is 5.88. The summed E-state index contributed by atoms with van der Waals surface area (Å²) in [5.74, 6) is 0.958. The van der Waals surface area contributed by atoms with Gasteiger partial charge in [-0.15, -0.1) is 12.4 Å². The summed E-state index contributed by atoms with van der Waals surface area (Å²) in [5.41, 5.74) is 4.84. The summed E-state index contributed by atoms with van der Waals surface area (Å²) >= 11 is 0. The maximum atomic E-state index is 5.57. The molecule has 0 amide bonds. The van der Waals surface area contributed by atoms with Gasteiger partial charge in [0, 0.05) is 43.5 Å². The molecule has 1 aliphatic carbocycles. The molecule has 28 heavy (non-hydrogen) atoms. The third-order valence-electron chi connectivity index (χ3n) is 5.97. The Hall–Kier alpha value is -1.19. The third kappa shape index (κ3) is 5.45. The van der Waals surface area contributed by atoms with Crippen molar-refractivity contribution in [2.45, 2.75) is 53.9 Å². The fourth-order valence-corrected chi connectivity index (χ4v) is 5.26. The zero-order valence-corrected chi connectivity index (χ0v) is 19.5. The van der Waals surface area contributed by atoms with Gasteiger partial charge < -0.3 is 9.64 Å². The largest absolute Gasteiger partial charge is 0.497 e. The van der Waals surface area contributed by atoms with Crippen LogP contribution in [0, 0.1) is 10.8 Å². The lowest BCUT2D eigenvalue weighted by atomic mass is 9.65. The molecule has 1 fully saturated rings. The van der Waals surface area contributed by atoms with E-state index in [9.17, 15) is 0 Å². The molecule has 1 aliphatic heterocycles. The Kier molecular flexibility index (Phi) is 7.50. The van der Waals surface area contributed by atoms with Gasteiger partial charge in [0.2, 0.25) is 0 Å². The third-order valence-corrected chi connectivity index (χ3v) is 5.97. The molecule has 0 aromatic heterocycles. The van der Waals surface area contributed by atoms with Crippen molar-refractivity contribution >= 4 is 23.7 Å². The van der Waals surface area contributed by atoms with Crippen LogP contribution in [-0.2, 0) is 0 Å². The Morgan fingerprint density at radius 2 is 1.71 bits per heavy atom. The highest BCUT2D eigenvalue weighted by atomic mass is 35.5. The minimum absolute atomic E-state index is 0. The smallest absolute Gasteiger partial charge is 0.120 e. The van der Waals surface area contributed by atoms with Crippen molar-refractivity contribution in [1.82, 2.24) is 4.90 Å². The van der Waals surface area contributed by atoms with Gasteiger partial charge in [-0.3, -0.25) is 4.90 Å². The van der Waals surface area contributed by atoms with Crippen LogP contribution < -0.4 is 9.64 Å². The van der Waals surface area contributed by atoms with Gasteiger partial charge >= 0.3 is 0 Å². The van der Waals surface area contributed by atoms with Gasteiger partial charge in [0.1, 0.15) is 5.75 Å². The van der Waals surface area contributed by atoms with Crippen molar-refractivity contribution in [1.29, 1.82) is 0 Å². The minimum Gasteiger partial charge on any atom is -0.497 e. The first-order valence-corrected chi connectivity index (χ1v) is 10.6. The Morgan fingerprint density at radius 3 is 2.29 bits per heavy atom. The average Bonchev–Trinajstić information content (AvgIpc) is 2.59. The summed E-state index contributed by atoms with van der Waals surface area (Å²) in [5, 5.41) is 0. The van der Waals surface area contributed by atoms with Gasteiger partial charge in [0.05, 0.1) is 7.11 Å². The van der Waals surface area contributed by atoms with E-state index in [1.54, 1.807) is 7.11 Å². The Labute approximate surface area is 178 Å². The molecular formula is C24H39ClN2O. The first-order chi connectivity index (χ1) is 12.7. The molecule has 1 heterocycles. The molecule has 158 valence electrons. The van der Waals surface area contributed by atoms with E-state index in [1.807, 2.05) is 0 Å². The van der Waals surface area contributed by atoms with E-state index in [2.05, 4.69) is 68.7 Å². The molecule has 0 atom stereocenters. The first-order valence-electron chi connectivity index (χ1n) is 10.6. The molecule has 0 unspecified atom stereocenters. The van der Waals surface area contributed by atoms with Crippen molar-refractivity contribution in [3.63, 3.8) is 0 Å². The van der Waals surface area contributed by atoms with Gasteiger partial charge in [-0.2, -0.15) is 0 Å². The second-order valence-corrected chi connectivity index (χ2v) is 9.89. The maximum absolute atomic E-state index is 5.57. The number of nitrogens with zero attached hydrogens (tertiary/aromatic N) is 2. The highest BCUT2D eigenvalue weighted by Gasteiger charge is 2.34. The number of halogens is 1. The quantitative estimate of drug-likeness (QED) is 0.607. The normalized spacial score (nSPS) is 21.6. The molecular weight excluding hydrogens is 368 g/mol. The minimum atomic E-state index is 0. The Bertz CT molecular complexity index is 688. The van der Waals surface area contributed by atoms with Crippen LogP contribution in [0.15, 0.2) is 24.3 Å². The SMILES string of the molecule is CCCN1CCN(c2cc(OC)ccc2C2=CC(C)(C)CC(C)(C)C2)CC1.Cl. The number of hydrogen-bond acceptors (Lipinski definition) is 3. The zero-order chi connectivity index (χ0) is 19.7. The first kappa shape index (κ1) is 23.1.